The molecule has 0 radical (unpaired) electrons. The zero-order valence-electron chi connectivity index (χ0n) is 10.5. The average molecular weight is 289 g/mol. The Morgan fingerprint density at radius 1 is 1.33 bits per heavy atom. The number of benzene rings is 1. The van der Waals surface area contributed by atoms with Gasteiger partial charge in [0, 0.05) is 11.0 Å². The molecule has 1 aliphatic rings. The highest BCUT2D eigenvalue weighted by Crippen LogP contribution is 2.39. The van der Waals surface area contributed by atoms with E-state index < -0.39 is 0 Å². The quantitative estimate of drug-likeness (QED) is 0.924. The number of ether oxygens (including phenoxy) is 2. The van der Waals surface area contributed by atoms with Crippen LogP contribution in [0.3, 0.4) is 0 Å². The fourth-order valence-electron chi connectivity index (χ4n) is 1.61. The Morgan fingerprint density at radius 3 is 2.78 bits per heavy atom. The smallest absolute Gasteiger partial charge is 0.179 e. The first-order chi connectivity index (χ1) is 8.58. The Labute approximate surface area is 116 Å². The fraction of sp³-hybridized carbons (Fsp3) is 0.538. The molecule has 18 heavy (non-hydrogen) atoms. The van der Waals surface area contributed by atoms with Crippen LogP contribution >= 0.6 is 23.4 Å². The molecule has 1 N–H and O–H groups in total. The maximum Gasteiger partial charge on any atom is 0.179 e. The molecule has 0 fully saturated rings. The van der Waals surface area contributed by atoms with Crippen LogP contribution in [0.5, 0.6) is 11.5 Å². The normalized spacial score (nSPS) is 17.3. The van der Waals surface area contributed by atoms with Crippen molar-refractivity contribution in [2.45, 2.75) is 31.0 Å². The van der Waals surface area contributed by atoms with Gasteiger partial charge in [-0.2, -0.15) is 11.8 Å². The first-order valence-electron chi connectivity index (χ1n) is 5.95. The van der Waals surface area contributed by atoms with E-state index in [-0.39, 0.29) is 11.4 Å². The minimum absolute atomic E-state index is 0.192. The third-order valence-corrected chi connectivity index (χ3v) is 4.55. The van der Waals surface area contributed by atoms with Gasteiger partial charge in [0.1, 0.15) is 13.2 Å². The molecule has 0 aromatic heterocycles. The van der Waals surface area contributed by atoms with E-state index in [1.807, 2.05) is 19.1 Å². The van der Waals surface area contributed by atoms with Crippen LogP contribution in [0.25, 0.3) is 0 Å². The van der Waals surface area contributed by atoms with Gasteiger partial charge < -0.3 is 14.6 Å². The van der Waals surface area contributed by atoms with Crippen molar-refractivity contribution < 1.29 is 14.6 Å². The molecule has 2 atom stereocenters. The highest BCUT2D eigenvalue weighted by atomic mass is 35.5. The highest BCUT2D eigenvalue weighted by molar-refractivity contribution is 7.99. The Kier molecular flexibility index (Phi) is 4.65. The van der Waals surface area contributed by atoms with Crippen molar-refractivity contribution in [1.29, 1.82) is 0 Å². The lowest BCUT2D eigenvalue weighted by molar-refractivity contribution is 0.171. The number of hydrogen-bond acceptors (Lipinski definition) is 4. The first kappa shape index (κ1) is 13.8. The predicted octanol–water partition coefficient (Wildman–Crippen LogP) is 3.11. The van der Waals surface area contributed by atoms with E-state index in [2.05, 4.69) is 0 Å². The maximum absolute atomic E-state index is 9.45. The molecular formula is C13H17ClO3S. The molecule has 2 unspecified atom stereocenters. The molecule has 0 amide bonds. The van der Waals surface area contributed by atoms with Crippen LogP contribution in [-0.4, -0.2) is 29.7 Å². The van der Waals surface area contributed by atoms with Gasteiger partial charge in [0.25, 0.3) is 0 Å². The second-order valence-corrected chi connectivity index (χ2v) is 6.13. The molecule has 1 aliphatic heterocycles. The highest BCUT2D eigenvalue weighted by Gasteiger charge is 2.17. The van der Waals surface area contributed by atoms with Crippen LogP contribution < -0.4 is 9.47 Å². The third kappa shape index (κ3) is 3.25. The minimum Gasteiger partial charge on any atom is -0.486 e. The molecule has 5 heteroatoms. The molecular weight excluding hydrogens is 272 g/mol. The molecule has 0 saturated carbocycles. The topological polar surface area (TPSA) is 38.7 Å². The van der Waals surface area contributed by atoms with Crippen LogP contribution in [0.2, 0.25) is 5.02 Å². The van der Waals surface area contributed by atoms with Crippen molar-refractivity contribution in [1.82, 2.24) is 0 Å². The lowest BCUT2D eigenvalue weighted by Gasteiger charge is -2.21. The van der Waals surface area contributed by atoms with Crippen LogP contribution in [0.4, 0.5) is 0 Å². The molecule has 0 spiro atoms. The van der Waals surface area contributed by atoms with E-state index in [0.29, 0.717) is 29.7 Å². The van der Waals surface area contributed by atoms with Crippen LogP contribution in [0.1, 0.15) is 19.4 Å². The van der Waals surface area contributed by atoms with E-state index in [1.54, 1.807) is 18.7 Å². The van der Waals surface area contributed by atoms with Crippen molar-refractivity contribution in [3.8, 4) is 11.5 Å². The van der Waals surface area contributed by atoms with Crippen molar-refractivity contribution in [3.63, 3.8) is 0 Å². The molecule has 0 saturated heterocycles. The summed E-state index contributed by atoms with van der Waals surface area (Å²) in [5.74, 6) is 2.15. The molecule has 1 aromatic carbocycles. The Morgan fingerprint density at radius 2 is 2.06 bits per heavy atom. The summed E-state index contributed by atoms with van der Waals surface area (Å²) in [4.78, 5) is 0. The van der Waals surface area contributed by atoms with Crippen molar-refractivity contribution in [3.05, 3.63) is 22.7 Å². The van der Waals surface area contributed by atoms with Gasteiger partial charge in [0.15, 0.2) is 11.5 Å². The number of halogens is 1. The zero-order chi connectivity index (χ0) is 13.1. The second-order valence-electron chi connectivity index (χ2n) is 4.36. The van der Waals surface area contributed by atoms with E-state index in [0.717, 1.165) is 11.3 Å². The number of rotatable bonds is 4. The van der Waals surface area contributed by atoms with E-state index in [1.165, 1.54) is 0 Å². The summed E-state index contributed by atoms with van der Waals surface area (Å²) in [6, 6.07) is 3.86. The third-order valence-electron chi connectivity index (χ3n) is 2.85. The van der Waals surface area contributed by atoms with Gasteiger partial charge in [0.05, 0.1) is 11.1 Å². The van der Waals surface area contributed by atoms with Crippen molar-refractivity contribution in [2.24, 2.45) is 0 Å². The number of thioether (sulfide) groups is 1. The molecule has 100 valence electrons. The summed E-state index contributed by atoms with van der Waals surface area (Å²) in [7, 11) is 0. The van der Waals surface area contributed by atoms with Gasteiger partial charge in [0.2, 0.25) is 0 Å². The number of aliphatic hydroxyl groups is 1. The Balaban J connectivity index is 2.08. The SMILES string of the molecule is CC(O)C(C)SCc1cc(Cl)c2c(c1)OCCO2. The van der Waals surface area contributed by atoms with Gasteiger partial charge in [-0.15, -0.1) is 0 Å². The van der Waals surface area contributed by atoms with E-state index in [9.17, 15) is 5.11 Å². The van der Waals surface area contributed by atoms with Crippen LogP contribution in [-0.2, 0) is 5.75 Å². The second kappa shape index (κ2) is 6.04. The summed E-state index contributed by atoms with van der Waals surface area (Å²) in [5, 5.41) is 10.2. The number of hydrogen-bond donors (Lipinski definition) is 1. The molecule has 0 aliphatic carbocycles. The number of aliphatic hydroxyl groups excluding tert-OH is 1. The first-order valence-corrected chi connectivity index (χ1v) is 7.38. The molecule has 1 heterocycles. The predicted molar refractivity (Wildman–Crippen MR) is 74.9 cm³/mol. The molecule has 2 rings (SSSR count). The lowest BCUT2D eigenvalue weighted by atomic mass is 10.2. The van der Waals surface area contributed by atoms with Gasteiger partial charge in [-0.05, 0) is 24.6 Å². The Bertz CT molecular complexity index is 423. The van der Waals surface area contributed by atoms with Crippen molar-refractivity contribution in [2.75, 3.05) is 13.2 Å². The van der Waals surface area contributed by atoms with Crippen molar-refractivity contribution >= 4 is 23.4 Å². The average Bonchev–Trinajstić information content (AvgIpc) is 2.36. The monoisotopic (exact) mass is 288 g/mol. The summed E-state index contributed by atoms with van der Waals surface area (Å²) in [5.41, 5.74) is 1.08. The largest absolute Gasteiger partial charge is 0.486 e. The zero-order valence-corrected chi connectivity index (χ0v) is 12.1. The standard InChI is InChI=1S/C13H17ClO3S/c1-8(15)9(2)18-7-10-5-11(14)13-12(6-10)16-3-4-17-13/h5-6,8-9,15H,3-4,7H2,1-2H3. The van der Waals surface area contributed by atoms with Gasteiger partial charge in [-0.25, -0.2) is 0 Å². The van der Waals surface area contributed by atoms with E-state index >= 15 is 0 Å². The lowest BCUT2D eigenvalue weighted by Crippen LogP contribution is -2.16. The maximum atomic E-state index is 9.45. The minimum atomic E-state index is -0.317. The summed E-state index contributed by atoms with van der Waals surface area (Å²) >= 11 is 7.85. The summed E-state index contributed by atoms with van der Waals surface area (Å²) in [6.45, 7) is 4.91. The molecule has 1 aromatic rings. The Hall–Kier alpha value is -0.580. The van der Waals surface area contributed by atoms with Gasteiger partial charge in [-0.3, -0.25) is 0 Å². The van der Waals surface area contributed by atoms with Crippen LogP contribution in [0.15, 0.2) is 12.1 Å². The summed E-state index contributed by atoms with van der Waals surface area (Å²) in [6.07, 6.45) is -0.317. The summed E-state index contributed by atoms with van der Waals surface area (Å²) < 4.78 is 11.0. The number of fused-ring (bicyclic) bond motifs is 1. The molecule has 3 nitrogen and oxygen atoms in total. The van der Waals surface area contributed by atoms with Gasteiger partial charge in [-0.1, -0.05) is 18.5 Å². The molecule has 0 bridgehead atoms. The van der Waals surface area contributed by atoms with E-state index in [4.69, 9.17) is 21.1 Å². The van der Waals surface area contributed by atoms with Gasteiger partial charge >= 0.3 is 0 Å². The fourth-order valence-corrected chi connectivity index (χ4v) is 2.80. The van der Waals surface area contributed by atoms with Crippen LogP contribution in [0, 0.1) is 0 Å².